The number of carbonyl (C=O) groups excluding carboxylic acids is 2. The first-order chi connectivity index (χ1) is 13.7. The van der Waals surface area contributed by atoms with E-state index in [0.29, 0.717) is 11.3 Å². The number of carbonyl (C=O) groups is 2. The summed E-state index contributed by atoms with van der Waals surface area (Å²) in [6.07, 6.45) is 1.45. The molecule has 3 fully saturated rings. The van der Waals surface area contributed by atoms with Gasteiger partial charge in [0, 0.05) is 6.92 Å². The fourth-order valence-corrected chi connectivity index (χ4v) is 4.51. The quantitative estimate of drug-likeness (QED) is 0.832. The van der Waals surface area contributed by atoms with E-state index in [4.69, 9.17) is 14.2 Å². The first kappa shape index (κ1) is 20.1. The number of cyclic esters (lactones) is 1. The average Bonchev–Trinajstić information content (AvgIpc) is 3.16. The summed E-state index contributed by atoms with van der Waals surface area (Å²) in [5.74, 6) is -1.05. The highest BCUT2D eigenvalue weighted by molar-refractivity contribution is 5.89. The van der Waals surface area contributed by atoms with Crippen molar-refractivity contribution in [3.8, 4) is 0 Å². The van der Waals surface area contributed by atoms with E-state index in [-0.39, 0.29) is 42.9 Å². The second-order valence-electron chi connectivity index (χ2n) is 8.48. The Morgan fingerprint density at radius 3 is 2.76 bits per heavy atom. The van der Waals surface area contributed by atoms with E-state index in [2.05, 4.69) is 5.32 Å². The summed E-state index contributed by atoms with van der Waals surface area (Å²) < 4.78 is 32.1. The number of ether oxygens (including phenoxy) is 3. The van der Waals surface area contributed by atoms with Crippen LogP contribution in [0.1, 0.15) is 51.5 Å². The third-order valence-electron chi connectivity index (χ3n) is 5.79. The summed E-state index contributed by atoms with van der Waals surface area (Å²) in [5.41, 5.74) is 1.10. The lowest BCUT2D eigenvalue weighted by Crippen LogP contribution is -2.33. The van der Waals surface area contributed by atoms with Gasteiger partial charge in [0.15, 0.2) is 5.79 Å². The lowest BCUT2D eigenvalue weighted by atomic mass is 9.81. The molecule has 3 aliphatic rings. The number of halogens is 1. The van der Waals surface area contributed by atoms with Crippen LogP contribution < -0.4 is 10.2 Å². The molecule has 4 rings (SSSR count). The topological polar surface area (TPSA) is 77.1 Å². The Balaban J connectivity index is 1.43. The number of benzene rings is 1. The molecule has 0 aromatic heterocycles. The standard InChI is InChI=1S/C21H27FN2O5/c1-12(25)23-10-15-11-24(20(26)27-15)14-5-6-16(17(22)9-14)13-4-7-18-19(8-13)29-21(2,3)28-18/h5-6,9,13,15,18-19H,4,7-8,10-11H2,1-3H3,(H,23,25). The van der Waals surface area contributed by atoms with E-state index >= 15 is 0 Å². The van der Waals surface area contributed by atoms with Crippen LogP contribution in [-0.2, 0) is 19.0 Å². The van der Waals surface area contributed by atoms with Gasteiger partial charge >= 0.3 is 6.09 Å². The normalized spacial score (nSPS) is 30.8. The Kier molecular flexibility index (Phi) is 5.25. The van der Waals surface area contributed by atoms with Gasteiger partial charge < -0.3 is 19.5 Å². The molecule has 0 bridgehead atoms. The Morgan fingerprint density at radius 1 is 1.28 bits per heavy atom. The molecule has 7 nitrogen and oxygen atoms in total. The third kappa shape index (κ3) is 4.23. The molecule has 158 valence electrons. The third-order valence-corrected chi connectivity index (χ3v) is 5.79. The molecule has 1 aromatic carbocycles. The van der Waals surface area contributed by atoms with Gasteiger partial charge in [-0.2, -0.15) is 0 Å². The van der Waals surface area contributed by atoms with Crippen LogP contribution in [0.5, 0.6) is 0 Å². The second kappa shape index (κ2) is 7.57. The molecule has 8 heteroatoms. The average molecular weight is 406 g/mol. The molecule has 2 heterocycles. The van der Waals surface area contributed by atoms with Gasteiger partial charge in [-0.1, -0.05) is 6.07 Å². The monoisotopic (exact) mass is 406 g/mol. The van der Waals surface area contributed by atoms with Crippen LogP contribution in [-0.4, -0.2) is 49.2 Å². The van der Waals surface area contributed by atoms with Gasteiger partial charge in [-0.3, -0.25) is 9.69 Å². The first-order valence-corrected chi connectivity index (χ1v) is 10.1. The fourth-order valence-electron chi connectivity index (χ4n) is 4.51. The van der Waals surface area contributed by atoms with E-state index in [0.717, 1.165) is 19.3 Å². The SMILES string of the molecule is CC(=O)NCC1CN(c2ccc(C3CCC4OC(C)(C)OC4C3)c(F)c2)C(=O)O1. The van der Waals surface area contributed by atoms with Crippen molar-refractivity contribution in [2.24, 2.45) is 0 Å². The van der Waals surface area contributed by atoms with Gasteiger partial charge in [0.2, 0.25) is 5.91 Å². The van der Waals surface area contributed by atoms with Crippen molar-refractivity contribution >= 4 is 17.7 Å². The van der Waals surface area contributed by atoms with Gasteiger partial charge in [-0.05, 0) is 56.7 Å². The summed E-state index contributed by atoms with van der Waals surface area (Å²) in [6.45, 7) is 5.72. The summed E-state index contributed by atoms with van der Waals surface area (Å²) in [6, 6.07) is 4.90. The van der Waals surface area contributed by atoms with E-state index in [1.165, 1.54) is 17.9 Å². The fraction of sp³-hybridized carbons (Fsp3) is 0.619. The van der Waals surface area contributed by atoms with E-state index in [1.54, 1.807) is 12.1 Å². The van der Waals surface area contributed by atoms with Crippen molar-refractivity contribution < 1.29 is 28.2 Å². The molecule has 4 unspecified atom stereocenters. The zero-order chi connectivity index (χ0) is 20.8. The lowest BCUT2D eigenvalue weighted by molar-refractivity contribution is -0.145. The molecule has 0 radical (unpaired) electrons. The van der Waals surface area contributed by atoms with Crippen LogP contribution in [0.25, 0.3) is 0 Å². The summed E-state index contributed by atoms with van der Waals surface area (Å²) in [4.78, 5) is 24.6. The molecule has 2 amide bonds. The molecule has 1 aliphatic carbocycles. The van der Waals surface area contributed by atoms with Crippen LogP contribution in [0.2, 0.25) is 0 Å². The van der Waals surface area contributed by atoms with Gasteiger partial charge in [-0.15, -0.1) is 0 Å². The molecule has 1 aromatic rings. The van der Waals surface area contributed by atoms with Crippen LogP contribution in [0.15, 0.2) is 18.2 Å². The van der Waals surface area contributed by atoms with Crippen LogP contribution in [0.4, 0.5) is 14.9 Å². The second-order valence-corrected chi connectivity index (χ2v) is 8.48. The Bertz CT molecular complexity index is 814. The maximum Gasteiger partial charge on any atom is 0.414 e. The number of fused-ring (bicyclic) bond motifs is 1. The van der Waals surface area contributed by atoms with E-state index in [9.17, 15) is 14.0 Å². The van der Waals surface area contributed by atoms with Crippen molar-refractivity contribution in [3.05, 3.63) is 29.6 Å². The minimum atomic E-state index is -0.587. The van der Waals surface area contributed by atoms with Gasteiger partial charge in [-0.25, -0.2) is 9.18 Å². The predicted octanol–water partition coefficient (Wildman–Crippen LogP) is 3.07. The molecule has 2 saturated heterocycles. The zero-order valence-electron chi connectivity index (χ0n) is 16.9. The Hall–Kier alpha value is -2.19. The zero-order valence-corrected chi connectivity index (χ0v) is 16.9. The smallest absolute Gasteiger partial charge is 0.414 e. The van der Waals surface area contributed by atoms with Crippen molar-refractivity contribution in [3.63, 3.8) is 0 Å². The maximum absolute atomic E-state index is 15.0. The minimum Gasteiger partial charge on any atom is -0.442 e. The molecule has 1 saturated carbocycles. The van der Waals surface area contributed by atoms with Crippen LogP contribution in [0.3, 0.4) is 0 Å². The van der Waals surface area contributed by atoms with E-state index in [1.807, 2.05) is 13.8 Å². The van der Waals surface area contributed by atoms with Crippen molar-refractivity contribution in [1.29, 1.82) is 0 Å². The number of rotatable bonds is 4. The molecular formula is C21H27FN2O5. The van der Waals surface area contributed by atoms with Crippen molar-refractivity contribution in [2.45, 2.75) is 70.1 Å². The molecular weight excluding hydrogens is 379 g/mol. The maximum atomic E-state index is 15.0. The minimum absolute atomic E-state index is 0.0223. The Labute approximate surface area is 169 Å². The number of nitrogens with one attached hydrogen (secondary N) is 1. The van der Waals surface area contributed by atoms with Gasteiger partial charge in [0.25, 0.3) is 0 Å². The van der Waals surface area contributed by atoms with Gasteiger partial charge in [0.05, 0.1) is 31.0 Å². The number of anilines is 1. The molecule has 2 aliphatic heterocycles. The number of hydrogen-bond acceptors (Lipinski definition) is 5. The molecule has 4 atom stereocenters. The lowest BCUT2D eigenvalue weighted by Gasteiger charge is -2.30. The summed E-state index contributed by atoms with van der Waals surface area (Å²) in [5, 5.41) is 2.63. The molecule has 0 spiro atoms. The highest BCUT2D eigenvalue weighted by Crippen LogP contribution is 2.43. The van der Waals surface area contributed by atoms with Crippen LogP contribution in [0, 0.1) is 5.82 Å². The first-order valence-electron chi connectivity index (χ1n) is 10.1. The van der Waals surface area contributed by atoms with Crippen LogP contribution >= 0.6 is 0 Å². The molecule has 29 heavy (non-hydrogen) atoms. The van der Waals surface area contributed by atoms with Gasteiger partial charge in [0.1, 0.15) is 11.9 Å². The Morgan fingerprint density at radius 2 is 2.03 bits per heavy atom. The van der Waals surface area contributed by atoms with Crippen molar-refractivity contribution in [2.75, 3.05) is 18.0 Å². The number of nitrogens with zero attached hydrogens (tertiary/aromatic N) is 1. The largest absolute Gasteiger partial charge is 0.442 e. The van der Waals surface area contributed by atoms with Crippen molar-refractivity contribution in [1.82, 2.24) is 5.32 Å². The number of amides is 2. The van der Waals surface area contributed by atoms with E-state index < -0.39 is 18.0 Å². The highest BCUT2D eigenvalue weighted by atomic mass is 19.1. The number of hydrogen-bond donors (Lipinski definition) is 1. The summed E-state index contributed by atoms with van der Waals surface area (Å²) >= 11 is 0. The predicted molar refractivity (Wildman–Crippen MR) is 103 cm³/mol. The molecule has 1 N–H and O–H groups in total. The highest BCUT2D eigenvalue weighted by Gasteiger charge is 2.45. The summed E-state index contributed by atoms with van der Waals surface area (Å²) in [7, 11) is 0.